The van der Waals surface area contributed by atoms with E-state index >= 15 is 0 Å². The lowest BCUT2D eigenvalue weighted by molar-refractivity contribution is -0.120. The molecule has 0 aromatic carbocycles. The van der Waals surface area contributed by atoms with Gasteiger partial charge in [-0.1, -0.05) is 11.6 Å². The maximum atomic E-state index is 12.8. The van der Waals surface area contributed by atoms with E-state index in [1.165, 1.54) is 21.8 Å². The Hall–Kier alpha value is -1.53. The van der Waals surface area contributed by atoms with Crippen molar-refractivity contribution in [3.8, 4) is 0 Å². The van der Waals surface area contributed by atoms with Crippen molar-refractivity contribution in [3.63, 3.8) is 0 Å². The van der Waals surface area contributed by atoms with Crippen molar-refractivity contribution in [2.24, 2.45) is 5.92 Å². The second-order valence-corrected chi connectivity index (χ2v) is 10.7. The summed E-state index contributed by atoms with van der Waals surface area (Å²) >= 11 is 7.96. The number of anilines is 1. The van der Waals surface area contributed by atoms with Crippen molar-refractivity contribution in [2.75, 3.05) is 25.0 Å². The zero-order valence-electron chi connectivity index (χ0n) is 14.9. The molecule has 1 saturated heterocycles. The van der Waals surface area contributed by atoms with Crippen LogP contribution in [0.1, 0.15) is 30.3 Å². The van der Waals surface area contributed by atoms with E-state index in [1.54, 1.807) is 6.92 Å². The minimum Gasteiger partial charge on any atom is -0.461 e. The molecule has 152 valence electrons. The van der Waals surface area contributed by atoms with Crippen molar-refractivity contribution < 1.29 is 22.7 Å². The Kier molecular flexibility index (Phi) is 6.71. The molecule has 1 amide bonds. The van der Waals surface area contributed by atoms with Crippen LogP contribution in [0.4, 0.5) is 5.13 Å². The number of nitrogens with one attached hydrogen (secondary N) is 1. The van der Waals surface area contributed by atoms with E-state index in [-0.39, 0.29) is 34.1 Å². The number of rotatable bonds is 6. The number of hydrogen-bond donors (Lipinski definition) is 1. The molecule has 1 N–H and O–H groups in total. The monoisotopic (exact) mass is 463 g/mol. The number of carbonyl (C=O) groups is 2. The third-order valence-electron chi connectivity index (χ3n) is 4.12. The number of piperidine rings is 1. The van der Waals surface area contributed by atoms with Crippen LogP contribution in [-0.4, -0.2) is 49.3 Å². The first-order valence-corrected chi connectivity index (χ1v) is 12.0. The molecule has 2 aromatic heterocycles. The van der Waals surface area contributed by atoms with Crippen molar-refractivity contribution in [1.82, 2.24) is 9.29 Å². The second-order valence-electron chi connectivity index (χ2n) is 6.01. The number of halogens is 1. The molecular formula is C16H18ClN3O5S3. The van der Waals surface area contributed by atoms with Gasteiger partial charge in [0, 0.05) is 18.5 Å². The van der Waals surface area contributed by atoms with Crippen molar-refractivity contribution in [1.29, 1.82) is 0 Å². The van der Waals surface area contributed by atoms with Gasteiger partial charge in [0.2, 0.25) is 5.91 Å². The normalized spacial score (nSPS) is 18.0. The number of aromatic nitrogens is 1. The molecule has 3 heterocycles. The molecule has 28 heavy (non-hydrogen) atoms. The van der Waals surface area contributed by atoms with Gasteiger partial charge in [-0.2, -0.15) is 4.31 Å². The summed E-state index contributed by atoms with van der Waals surface area (Å²) in [5.74, 6) is -1.38. The molecule has 0 bridgehead atoms. The smallest absolute Gasteiger partial charge is 0.357 e. The maximum Gasteiger partial charge on any atom is 0.357 e. The summed E-state index contributed by atoms with van der Waals surface area (Å²) in [6.07, 6.45) is 1.14. The first kappa shape index (κ1) is 21.2. The number of thiophene rings is 1. The van der Waals surface area contributed by atoms with Crippen molar-refractivity contribution >= 4 is 61.3 Å². The van der Waals surface area contributed by atoms with E-state index in [9.17, 15) is 18.0 Å². The molecule has 0 radical (unpaired) electrons. The minimum absolute atomic E-state index is 0.0831. The van der Waals surface area contributed by atoms with E-state index in [1.807, 2.05) is 0 Å². The summed E-state index contributed by atoms with van der Waals surface area (Å²) in [5, 5.41) is 4.45. The van der Waals surface area contributed by atoms with Crippen molar-refractivity contribution in [3.05, 3.63) is 27.5 Å². The van der Waals surface area contributed by atoms with Gasteiger partial charge in [-0.3, -0.25) is 4.79 Å². The average Bonchev–Trinajstić information content (AvgIpc) is 3.31. The van der Waals surface area contributed by atoms with Crippen LogP contribution in [0.5, 0.6) is 0 Å². The Labute approximate surface area is 175 Å². The van der Waals surface area contributed by atoms with Gasteiger partial charge in [0.15, 0.2) is 10.8 Å². The number of amides is 1. The molecule has 0 saturated carbocycles. The second kappa shape index (κ2) is 8.87. The zero-order valence-corrected chi connectivity index (χ0v) is 18.1. The SMILES string of the molecule is CCOC(=O)c1csc(NC(=O)C2CCCN(S(=O)(=O)c3ccc(Cl)s3)C2)n1. The van der Waals surface area contributed by atoms with Gasteiger partial charge in [0.1, 0.15) is 4.21 Å². The highest BCUT2D eigenvalue weighted by Gasteiger charge is 2.34. The number of thiazole rings is 1. The van der Waals surface area contributed by atoms with E-state index in [0.717, 1.165) is 22.7 Å². The van der Waals surface area contributed by atoms with E-state index in [0.29, 0.717) is 23.7 Å². The Morgan fingerprint density at radius 3 is 2.89 bits per heavy atom. The Balaban J connectivity index is 1.65. The molecule has 1 aliphatic heterocycles. The molecule has 3 rings (SSSR count). The Morgan fingerprint density at radius 2 is 2.21 bits per heavy atom. The van der Waals surface area contributed by atoms with Crippen LogP contribution in [0.25, 0.3) is 0 Å². The van der Waals surface area contributed by atoms with Crippen LogP contribution in [-0.2, 0) is 19.6 Å². The van der Waals surface area contributed by atoms with Crippen LogP contribution >= 0.6 is 34.3 Å². The molecule has 1 fully saturated rings. The summed E-state index contributed by atoms with van der Waals surface area (Å²) < 4.78 is 32.2. The van der Waals surface area contributed by atoms with E-state index in [2.05, 4.69) is 10.3 Å². The first-order chi connectivity index (χ1) is 13.3. The van der Waals surface area contributed by atoms with Crippen LogP contribution in [0.2, 0.25) is 4.34 Å². The van der Waals surface area contributed by atoms with Crippen LogP contribution in [0, 0.1) is 5.92 Å². The highest BCUT2D eigenvalue weighted by Crippen LogP contribution is 2.31. The molecule has 1 aliphatic rings. The fraction of sp³-hybridized carbons (Fsp3) is 0.438. The third-order valence-corrected chi connectivity index (χ3v) is 8.44. The van der Waals surface area contributed by atoms with Gasteiger partial charge >= 0.3 is 5.97 Å². The van der Waals surface area contributed by atoms with Gasteiger partial charge in [-0.25, -0.2) is 18.2 Å². The number of carbonyl (C=O) groups excluding carboxylic acids is 2. The van der Waals surface area contributed by atoms with Gasteiger partial charge in [0.05, 0.1) is 16.9 Å². The van der Waals surface area contributed by atoms with E-state index < -0.39 is 21.9 Å². The van der Waals surface area contributed by atoms with E-state index in [4.69, 9.17) is 16.3 Å². The summed E-state index contributed by atoms with van der Waals surface area (Å²) in [4.78, 5) is 28.3. The fourth-order valence-electron chi connectivity index (χ4n) is 2.78. The average molecular weight is 464 g/mol. The maximum absolute atomic E-state index is 12.8. The summed E-state index contributed by atoms with van der Waals surface area (Å²) in [6.45, 7) is 2.37. The molecule has 12 heteroatoms. The van der Waals surface area contributed by atoms with Crippen molar-refractivity contribution in [2.45, 2.75) is 24.0 Å². The molecule has 1 unspecified atom stereocenters. The van der Waals surface area contributed by atoms with Crippen LogP contribution < -0.4 is 5.32 Å². The van der Waals surface area contributed by atoms with Gasteiger partial charge in [-0.05, 0) is 31.9 Å². The third kappa shape index (κ3) is 4.71. The number of esters is 1. The lowest BCUT2D eigenvalue weighted by Crippen LogP contribution is -2.43. The standard InChI is InChI=1S/C16H18ClN3O5S3/c1-2-25-15(22)11-9-26-16(18-11)19-14(21)10-4-3-7-20(8-10)28(23,24)13-6-5-12(17)27-13/h5-6,9-10H,2-4,7-8H2,1H3,(H,18,19,21). The fourth-order valence-corrected chi connectivity index (χ4v) is 6.62. The lowest BCUT2D eigenvalue weighted by atomic mass is 9.99. The minimum atomic E-state index is -3.68. The molecule has 8 nitrogen and oxygen atoms in total. The molecular weight excluding hydrogens is 446 g/mol. The lowest BCUT2D eigenvalue weighted by Gasteiger charge is -2.30. The Bertz CT molecular complexity index is 972. The number of hydrogen-bond acceptors (Lipinski definition) is 8. The summed E-state index contributed by atoms with van der Waals surface area (Å²) in [7, 11) is -3.68. The number of ether oxygens (including phenoxy) is 1. The quantitative estimate of drug-likeness (QED) is 0.660. The van der Waals surface area contributed by atoms with Crippen LogP contribution in [0.3, 0.4) is 0 Å². The van der Waals surface area contributed by atoms with Crippen LogP contribution in [0.15, 0.2) is 21.7 Å². The predicted octanol–water partition coefficient (Wildman–Crippen LogP) is 3.07. The molecule has 1 atom stereocenters. The summed E-state index contributed by atoms with van der Waals surface area (Å²) in [5.41, 5.74) is 0.129. The topological polar surface area (TPSA) is 106 Å². The van der Waals surface area contributed by atoms with Gasteiger partial charge in [-0.15, -0.1) is 22.7 Å². The predicted molar refractivity (Wildman–Crippen MR) is 108 cm³/mol. The van der Waals surface area contributed by atoms with Gasteiger partial charge < -0.3 is 10.1 Å². The molecule has 0 aliphatic carbocycles. The first-order valence-electron chi connectivity index (χ1n) is 8.50. The largest absolute Gasteiger partial charge is 0.461 e. The van der Waals surface area contributed by atoms with Gasteiger partial charge in [0.25, 0.3) is 10.0 Å². The highest BCUT2D eigenvalue weighted by molar-refractivity contribution is 7.91. The number of nitrogens with zero attached hydrogens (tertiary/aromatic N) is 2. The highest BCUT2D eigenvalue weighted by atomic mass is 35.5. The zero-order chi connectivity index (χ0) is 20.3. The molecule has 2 aromatic rings. The summed E-state index contributed by atoms with van der Waals surface area (Å²) in [6, 6.07) is 3.01. The number of sulfonamides is 1. The Morgan fingerprint density at radius 1 is 1.43 bits per heavy atom. The molecule has 0 spiro atoms.